The Balaban J connectivity index is 0.000000546. The Hall–Kier alpha value is -2.16. The van der Waals surface area contributed by atoms with Gasteiger partial charge in [0.15, 0.2) is 0 Å². The van der Waals surface area contributed by atoms with Crippen LogP contribution in [0.3, 0.4) is 0 Å². The molecule has 0 radical (unpaired) electrons. The van der Waals surface area contributed by atoms with Gasteiger partial charge in [0.25, 0.3) is 5.66 Å². The van der Waals surface area contributed by atoms with Crippen LogP contribution in [-0.2, 0) is 12.1 Å². The second-order valence-corrected chi connectivity index (χ2v) is 9.51. The number of allylic oxidation sites excluding steroid dienone is 4. The lowest BCUT2D eigenvalue weighted by Crippen LogP contribution is -2.25. The summed E-state index contributed by atoms with van der Waals surface area (Å²) < 4.78 is 27.3. The molecule has 5 heteroatoms. The zero-order valence-corrected chi connectivity index (χ0v) is 22.3. The van der Waals surface area contributed by atoms with Gasteiger partial charge in [0, 0.05) is 17.3 Å². The molecule has 0 saturated heterocycles. The lowest BCUT2D eigenvalue weighted by Gasteiger charge is -2.21. The summed E-state index contributed by atoms with van der Waals surface area (Å²) in [5, 5.41) is 3.57. The number of nitrogens with one attached hydrogen (secondary N) is 1. The lowest BCUT2D eigenvalue weighted by atomic mass is 9.97. The van der Waals surface area contributed by atoms with E-state index in [0.717, 1.165) is 43.5 Å². The molecule has 1 N–H and O–H groups in total. The predicted octanol–water partition coefficient (Wildman–Crippen LogP) is 8.48. The Labute approximate surface area is 207 Å². The molecule has 0 amide bonds. The second-order valence-electron chi connectivity index (χ2n) is 8.78. The zero-order chi connectivity index (χ0) is 25.4. The highest BCUT2D eigenvalue weighted by Gasteiger charge is 2.25. The molecule has 0 aromatic heterocycles. The van der Waals surface area contributed by atoms with Crippen molar-refractivity contribution in [1.29, 1.82) is 0 Å². The van der Waals surface area contributed by atoms with Gasteiger partial charge in [0.05, 0.1) is 0 Å². The molecule has 34 heavy (non-hydrogen) atoms. The van der Waals surface area contributed by atoms with Crippen LogP contribution >= 0.6 is 9.24 Å². The summed E-state index contributed by atoms with van der Waals surface area (Å²) >= 11 is 0. The molecule has 2 aromatic rings. The van der Waals surface area contributed by atoms with Crippen molar-refractivity contribution in [3.8, 4) is 0 Å². The number of nitrogens with zero attached hydrogens (tertiary/aromatic N) is 1. The van der Waals surface area contributed by atoms with E-state index in [0.29, 0.717) is 5.92 Å². The maximum absolute atomic E-state index is 13.7. The fourth-order valence-corrected chi connectivity index (χ4v) is 3.48. The van der Waals surface area contributed by atoms with Gasteiger partial charge in [-0.1, -0.05) is 90.7 Å². The van der Waals surface area contributed by atoms with Gasteiger partial charge in [0.2, 0.25) is 0 Å². The number of benzene rings is 2. The van der Waals surface area contributed by atoms with Crippen LogP contribution in [0, 0.1) is 5.92 Å². The Morgan fingerprint density at radius 1 is 1.15 bits per heavy atom. The summed E-state index contributed by atoms with van der Waals surface area (Å²) in [6, 6.07) is 17.0. The third-order valence-electron chi connectivity index (χ3n) is 5.26. The maximum atomic E-state index is 13.7. The summed E-state index contributed by atoms with van der Waals surface area (Å²) in [5.41, 5.74) is 0.210. The van der Waals surface area contributed by atoms with Crippen molar-refractivity contribution >= 4 is 16.0 Å². The highest BCUT2D eigenvalue weighted by atomic mass is 31.0. The van der Waals surface area contributed by atoms with Gasteiger partial charge in [-0.05, 0) is 75.1 Å². The van der Waals surface area contributed by atoms with Gasteiger partial charge >= 0.3 is 0 Å². The minimum atomic E-state index is -2.90. The molecule has 2 atom stereocenters. The molecular formula is C29H41F2N2P. The fraction of sp³-hybridized carbons (Fsp3) is 0.414. The average Bonchev–Trinajstić information content (AvgIpc) is 2.81. The smallest absolute Gasteiger partial charge is 0.283 e. The molecule has 0 spiro atoms. The molecule has 0 aliphatic rings. The molecule has 0 aliphatic carbocycles. The molecule has 2 rings (SSSR count). The van der Waals surface area contributed by atoms with Crippen molar-refractivity contribution in [2.75, 3.05) is 6.54 Å². The molecular weight excluding hydrogens is 445 g/mol. The van der Waals surface area contributed by atoms with E-state index < -0.39 is 5.66 Å². The van der Waals surface area contributed by atoms with E-state index in [1.54, 1.807) is 21.4 Å². The molecule has 0 fully saturated rings. The van der Waals surface area contributed by atoms with E-state index >= 15 is 0 Å². The highest BCUT2D eigenvalue weighted by Crippen LogP contribution is 2.36. The van der Waals surface area contributed by atoms with Crippen LogP contribution in [0.5, 0.6) is 0 Å². The standard InChI is InChI=1S/C21H28F2NP.C8H13N/c1-16(2)8-7-13-24-20(14-17-9-4-3-5-10-17)18-11-6-12-19(15-18)21(22,23)25;1-4-5-6-7-8(2)9-3/h3-6,9-12,15-16,20,24H,7-8,13-14,25H2,1-2H3;5-7H,3-4H2,1-2H3/b;6-5-,8-7-. The predicted molar refractivity (Wildman–Crippen MR) is 148 cm³/mol. The third kappa shape index (κ3) is 12.9. The molecule has 0 heterocycles. The quantitative estimate of drug-likeness (QED) is 0.138. The highest BCUT2D eigenvalue weighted by molar-refractivity contribution is 7.17. The largest absolute Gasteiger partial charge is 0.310 e. The summed E-state index contributed by atoms with van der Waals surface area (Å²) in [7, 11) is 1.62. The Kier molecular flexibility index (Phi) is 14.5. The third-order valence-corrected chi connectivity index (χ3v) is 5.60. The number of rotatable bonds is 12. The first-order chi connectivity index (χ1) is 16.2. The molecule has 2 unspecified atom stereocenters. The first-order valence-electron chi connectivity index (χ1n) is 12.0. The summed E-state index contributed by atoms with van der Waals surface area (Å²) in [4.78, 5) is 3.72. The van der Waals surface area contributed by atoms with Crippen LogP contribution in [0.2, 0.25) is 0 Å². The van der Waals surface area contributed by atoms with Crippen molar-refractivity contribution in [3.05, 3.63) is 95.2 Å². The van der Waals surface area contributed by atoms with Crippen molar-refractivity contribution < 1.29 is 8.78 Å². The van der Waals surface area contributed by atoms with Crippen LogP contribution in [0.25, 0.3) is 0 Å². The summed E-state index contributed by atoms with van der Waals surface area (Å²) in [6.07, 6.45) is 10.1. The van der Waals surface area contributed by atoms with Crippen LogP contribution in [0.1, 0.15) is 69.7 Å². The number of hydrogen-bond donors (Lipinski definition) is 1. The van der Waals surface area contributed by atoms with E-state index in [-0.39, 0.29) is 11.6 Å². The molecule has 186 valence electrons. The maximum Gasteiger partial charge on any atom is 0.283 e. The lowest BCUT2D eigenvalue weighted by molar-refractivity contribution is 0.104. The first-order valence-corrected chi connectivity index (χ1v) is 12.6. The number of alkyl halides is 2. The van der Waals surface area contributed by atoms with Crippen molar-refractivity contribution in [1.82, 2.24) is 5.32 Å². The fourth-order valence-electron chi connectivity index (χ4n) is 3.30. The van der Waals surface area contributed by atoms with E-state index in [1.807, 2.05) is 43.3 Å². The zero-order valence-electron chi connectivity index (χ0n) is 21.1. The first kappa shape index (κ1) is 29.9. The van der Waals surface area contributed by atoms with Gasteiger partial charge in [-0.2, -0.15) is 8.78 Å². The minimum Gasteiger partial charge on any atom is -0.310 e. The van der Waals surface area contributed by atoms with Gasteiger partial charge in [-0.3, -0.25) is 4.99 Å². The monoisotopic (exact) mass is 486 g/mol. The minimum absolute atomic E-state index is 0.0295. The van der Waals surface area contributed by atoms with Crippen LogP contribution in [0.4, 0.5) is 8.78 Å². The molecule has 0 saturated carbocycles. The molecule has 0 aliphatic heterocycles. The van der Waals surface area contributed by atoms with E-state index in [1.165, 1.54) is 11.6 Å². The summed E-state index contributed by atoms with van der Waals surface area (Å²) in [6.45, 7) is 12.7. The average molecular weight is 487 g/mol. The van der Waals surface area contributed by atoms with Gasteiger partial charge in [0.1, 0.15) is 0 Å². The normalized spacial score (nSPS) is 13.0. The number of aliphatic imine (C=N–C) groups is 1. The number of hydrogen-bond acceptors (Lipinski definition) is 2. The van der Waals surface area contributed by atoms with E-state index in [4.69, 9.17) is 0 Å². The topological polar surface area (TPSA) is 24.4 Å². The van der Waals surface area contributed by atoms with Gasteiger partial charge in [-0.25, -0.2) is 0 Å². The van der Waals surface area contributed by atoms with Crippen LogP contribution < -0.4 is 5.32 Å². The van der Waals surface area contributed by atoms with E-state index in [9.17, 15) is 8.78 Å². The number of halogens is 2. The summed E-state index contributed by atoms with van der Waals surface area (Å²) in [5.74, 6) is 0.675. The van der Waals surface area contributed by atoms with Crippen LogP contribution in [0.15, 0.2) is 83.5 Å². The van der Waals surface area contributed by atoms with E-state index in [2.05, 4.69) is 56.0 Å². The molecule has 2 nitrogen and oxygen atoms in total. The Morgan fingerprint density at radius 3 is 2.44 bits per heavy atom. The van der Waals surface area contributed by atoms with Gasteiger partial charge in [-0.15, -0.1) is 0 Å². The Bertz CT molecular complexity index is 887. The van der Waals surface area contributed by atoms with Crippen molar-refractivity contribution in [3.63, 3.8) is 0 Å². The SMILES string of the molecule is C=N/C(C)=C\C=C/CC.CC(C)CCCNC(Cc1ccccc1)c1cccc(C(F)(F)P)c1. The molecule has 0 bridgehead atoms. The van der Waals surface area contributed by atoms with Crippen LogP contribution in [-0.4, -0.2) is 13.3 Å². The van der Waals surface area contributed by atoms with Crippen molar-refractivity contribution in [2.45, 2.75) is 65.1 Å². The van der Waals surface area contributed by atoms with Gasteiger partial charge < -0.3 is 5.32 Å². The Morgan fingerprint density at radius 2 is 1.85 bits per heavy atom. The van der Waals surface area contributed by atoms with Crippen molar-refractivity contribution in [2.24, 2.45) is 10.9 Å². The molecule has 2 aromatic carbocycles. The second kappa shape index (κ2) is 16.5.